The van der Waals surface area contributed by atoms with Crippen LogP contribution in [-0.2, 0) is 11.3 Å². The Morgan fingerprint density at radius 2 is 1.72 bits per heavy atom. The molecule has 4 aromatic rings. The predicted octanol–water partition coefficient (Wildman–Crippen LogP) is 6.88. The van der Waals surface area contributed by atoms with Gasteiger partial charge in [0.2, 0.25) is 0 Å². The smallest absolute Gasteiger partial charge is 0.407 e. The summed E-state index contributed by atoms with van der Waals surface area (Å²) in [7, 11) is 0. The molecule has 0 radical (unpaired) electrons. The van der Waals surface area contributed by atoms with E-state index in [1.54, 1.807) is 12.1 Å². The number of aromatic nitrogens is 1. The molecule has 36 heavy (non-hydrogen) atoms. The maximum Gasteiger partial charge on any atom is 0.407 e. The molecule has 1 N–H and O–H groups in total. The second-order valence-electron chi connectivity index (χ2n) is 8.13. The third kappa shape index (κ3) is 4.72. The highest BCUT2D eigenvalue weighted by molar-refractivity contribution is 7.99. The van der Waals surface area contributed by atoms with Crippen molar-refractivity contribution in [1.82, 2.24) is 10.3 Å². The monoisotopic (exact) mass is 518 g/mol. The topological polar surface area (TPSA) is 68.3 Å². The minimum absolute atomic E-state index is 0.0805. The summed E-state index contributed by atoms with van der Waals surface area (Å²) >= 11 is 7.43. The second-order valence-corrected chi connectivity index (χ2v) is 9.54. The standard InChI is InChI=1S/C28H20ClFN2O3S/c29-24-11-12-25(30)22(26(24)36-27-17(15-33)6-5-13-31-27)14-32-28(34)35-16-23-20-9-3-1-7-18(20)19-8-2-4-10-21(19)23/h1-13,15,23H,14,16H2,(H,32,34). The van der Waals surface area contributed by atoms with Crippen molar-refractivity contribution in [3.8, 4) is 11.1 Å². The van der Waals surface area contributed by atoms with Crippen LogP contribution in [0.25, 0.3) is 11.1 Å². The Balaban J connectivity index is 1.29. The van der Waals surface area contributed by atoms with E-state index in [1.807, 2.05) is 36.4 Å². The summed E-state index contributed by atoms with van der Waals surface area (Å²) in [5.41, 5.74) is 5.02. The number of hydrogen-bond acceptors (Lipinski definition) is 5. The highest BCUT2D eigenvalue weighted by Crippen LogP contribution is 2.44. The fourth-order valence-corrected chi connectivity index (χ4v) is 5.63. The van der Waals surface area contributed by atoms with Crippen LogP contribution in [0.1, 0.15) is 33.0 Å². The molecule has 0 spiro atoms. The minimum Gasteiger partial charge on any atom is -0.449 e. The lowest BCUT2D eigenvalue weighted by molar-refractivity contribution is 0.112. The first-order valence-corrected chi connectivity index (χ1v) is 12.4. The molecule has 5 nitrogen and oxygen atoms in total. The third-order valence-electron chi connectivity index (χ3n) is 6.03. The predicted molar refractivity (Wildman–Crippen MR) is 137 cm³/mol. The van der Waals surface area contributed by atoms with Gasteiger partial charge in [-0.05, 0) is 46.5 Å². The molecule has 3 aromatic carbocycles. The summed E-state index contributed by atoms with van der Waals surface area (Å²) in [6.45, 7) is 0.00474. The van der Waals surface area contributed by atoms with E-state index in [4.69, 9.17) is 16.3 Å². The Kier molecular flexibility index (Phi) is 7.02. The summed E-state index contributed by atoms with van der Waals surface area (Å²) in [5, 5.41) is 3.31. The normalized spacial score (nSPS) is 12.1. The number of pyridine rings is 1. The van der Waals surface area contributed by atoms with E-state index in [0.29, 0.717) is 21.8 Å². The van der Waals surface area contributed by atoms with Gasteiger partial charge in [0.15, 0.2) is 6.29 Å². The molecule has 0 aliphatic heterocycles. The summed E-state index contributed by atoms with van der Waals surface area (Å²) in [6.07, 6.45) is 1.55. The number of carbonyl (C=O) groups excluding carboxylic acids is 2. The van der Waals surface area contributed by atoms with Crippen LogP contribution in [0.15, 0.2) is 88.9 Å². The van der Waals surface area contributed by atoms with Gasteiger partial charge in [-0.2, -0.15) is 0 Å². The molecule has 5 rings (SSSR count). The van der Waals surface area contributed by atoms with E-state index in [0.717, 1.165) is 34.0 Å². The average Bonchev–Trinajstić information content (AvgIpc) is 3.23. The molecule has 0 saturated heterocycles. The maximum atomic E-state index is 14.8. The molecule has 1 aliphatic rings. The van der Waals surface area contributed by atoms with Gasteiger partial charge in [0.1, 0.15) is 17.5 Å². The highest BCUT2D eigenvalue weighted by Gasteiger charge is 2.29. The molecule has 1 aromatic heterocycles. The van der Waals surface area contributed by atoms with Gasteiger partial charge in [0.05, 0.1) is 11.6 Å². The summed E-state index contributed by atoms with van der Waals surface area (Å²) in [5.74, 6) is -0.618. The van der Waals surface area contributed by atoms with E-state index >= 15 is 0 Å². The summed E-state index contributed by atoms with van der Waals surface area (Å²) in [6, 6.07) is 22.0. The van der Waals surface area contributed by atoms with Crippen LogP contribution in [0.2, 0.25) is 5.02 Å². The number of amides is 1. The number of fused-ring (bicyclic) bond motifs is 3. The lowest BCUT2D eigenvalue weighted by Crippen LogP contribution is -2.26. The van der Waals surface area contributed by atoms with Crippen LogP contribution in [0, 0.1) is 5.82 Å². The fourth-order valence-electron chi connectivity index (χ4n) is 4.34. The number of aldehydes is 1. The number of rotatable bonds is 7. The van der Waals surface area contributed by atoms with Crippen molar-refractivity contribution in [1.29, 1.82) is 0 Å². The van der Waals surface area contributed by atoms with Crippen molar-refractivity contribution in [2.45, 2.75) is 22.4 Å². The zero-order valence-corrected chi connectivity index (χ0v) is 20.5. The van der Waals surface area contributed by atoms with Crippen LogP contribution in [0.3, 0.4) is 0 Å². The third-order valence-corrected chi connectivity index (χ3v) is 7.67. The minimum atomic E-state index is -0.668. The Labute approximate surface area is 216 Å². The van der Waals surface area contributed by atoms with Gasteiger partial charge in [-0.1, -0.05) is 71.9 Å². The first-order valence-electron chi connectivity index (χ1n) is 11.2. The number of hydrogen-bond donors (Lipinski definition) is 1. The van der Waals surface area contributed by atoms with Crippen LogP contribution >= 0.6 is 23.4 Å². The van der Waals surface area contributed by atoms with Crippen molar-refractivity contribution in [3.05, 3.63) is 112 Å². The van der Waals surface area contributed by atoms with Crippen LogP contribution in [0.4, 0.5) is 9.18 Å². The number of benzene rings is 3. The van der Waals surface area contributed by atoms with Crippen LogP contribution in [-0.4, -0.2) is 24.0 Å². The van der Waals surface area contributed by atoms with E-state index in [2.05, 4.69) is 22.4 Å². The molecule has 1 amide bonds. The molecular weight excluding hydrogens is 499 g/mol. The average molecular weight is 519 g/mol. The van der Waals surface area contributed by atoms with Crippen molar-refractivity contribution in [2.75, 3.05) is 6.61 Å². The van der Waals surface area contributed by atoms with E-state index in [-0.39, 0.29) is 29.7 Å². The fraction of sp³-hybridized carbons (Fsp3) is 0.107. The van der Waals surface area contributed by atoms with Gasteiger partial charge in [-0.25, -0.2) is 14.2 Å². The number of ether oxygens (including phenoxy) is 1. The molecule has 180 valence electrons. The van der Waals surface area contributed by atoms with Crippen molar-refractivity contribution in [2.24, 2.45) is 0 Å². The Bertz CT molecular complexity index is 1420. The molecule has 0 atom stereocenters. The summed E-state index contributed by atoms with van der Waals surface area (Å²) in [4.78, 5) is 28.6. The van der Waals surface area contributed by atoms with Gasteiger partial charge in [-0.3, -0.25) is 4.79 Å². The largest absolute Gasteiger partial charge is 0.449 e. The zero-order chi connectivity index (χ0) is 25.1. The van der Waals surface area contributed by atoms with E-state index in [1.165, 1.54) is 18.3 Å². The molecule has 0 unspecified atom stereocenters. The van der Waals surface area contributed by atoms with E-state index in [9.17, 15) is 14.0 Å². The quantitative estimate of drug-likeness (QED) is 0.270. The lowest BCUT2D eigenvalue weighted by Gasteiger charge is -2.16. The summed E-state index contributed by atoms with van der Waals surface area (Å²) < 4.78 is 20.3. The molecule has 1 aliphatic carbocycles. The van der Waals surface area contributed by atoms with Crippen LogP contribution < -0.4 is 5.32 Å². The molecule has 1 heterocycles. The van der Waals surface area contributed by atoms with Gasteiger partial charge >= 0.3 is 6.09 Å². The number of nitrogens with one attached hydrogen (secondary N) is 1. The number of alkyl carbamates (subject to hydrolysis) is 1. The SMILES string of the molecule is O=Cc1cccnc1Sc1c(Cl)ccc(F)c1CNC(=O)OCC1c2ccccc2-c2ccccc21. The van der Waals surface area contributed by atoms with Crippen molar-refractivity contribution >= 4 is 35.7 Å². The first kappa shape index (κ1) is 24.0. The zero-order valence-electron chi connectivity index (χ0n) is 18.9. The van der Waals surface area contributed by atoms with Crippen molar-refractivity contribution in [3.63, 3.8) is 0 Å². The second kappa shape index (κ2) is 10.5. The van der Waals surface area contributed by atoms with Crippen molar-refractivity contribution < 1.29 is 18.7 Å². The number of nitrogens with zero attached hydrogens (tertiary/aromatic N) is 1. The maximum absolute atomic E-state index is 14.8. The molecule has 0 saturated carbocycles. The Hall–Kier alpha value is -3.68. The lowest BCUT2D eigenvalue weighted by atomic mass is 9.98. The van der Waals surface area contributed by atoms with E-state index < -0.39 is 11.9 Å². The molecular formula is C28H20ClFN2O3S. The Morgan fingerprint density at radius 1 is 1.03 bits per heavy atom. The van der Waals surface area contributed by atoms with Gasteiger partial charge in [-0.15, -0.1) is 0 Å². The number of carbonyl (C=O) groups is 2. The van der Waals surface area contributed by atoms with Gasteiger partial charge in [0.25, 0.3) is 0 Å². The molecule has 0 fully saturated rings. The molecule has 0 bridgehead atoms. The number of halogens is 2. The molecule has 8 heteroatoms. The first-order chi connectivity index (χ1) is 17.6. The van der Waals surface area contributed by atoms with Gasteiger partial charge < -0.3 is 10.1 Å². The Morgan fingerprint density at radius 3 is 2.42 bits per heavy atom. The highest BCUT2D eigenvalue weighted by atomic mass is 35.5. The van der Waals surface area contributed by atoms with Gasteiger partial charge in [0, 0.05) is 28.1 Å². The van der Waals surface area contributed by atoms with Crippen LogP contribution in [0.5, 0.6) is 0 Å².